The maximum Gasteiger partial charge on any atom is 0.244 e. The van der Waals surface area contributed by atoms with E-state index in [1.54, 1.807) is 6.20 Å². The zero-order chi connectivity index (χ0) is 35.8. The third kappa shape index (κ3) is 7.92. The molecule has 0 radical (unpaired) electrons. The van der Waals surface area contributed by atoms with Crippen LogP contribution in [-0.2, 0) is 25.8 Å². The zero-order valence-corrected chi connectivity index (χ0v) is 30.4. The first-order chi connectivity index (χ1) is 26.2. The van der Waals surface area contributed by atoms with Gasteiger partial charge in [0.15, 0.2) is 46.7 Å². The molecule has 2 saturated heterocycles. The van der Waals surface area contributed by atoms with Gasteiger partial charge in [0, 0.05) is 64.8 Å². The molecular weight excluding hydrogens is 688 g/mol. The molecule has 2 aromatic carbocycles. The van der Waals surface area contributed by atoms with Gasteiger partial charge in [0.1, 0.15) is 22.7 Å². The fourth-order valence-electron chi connectivity index (χ4n) is 6.87. The third-order valence-corrected chi connectivity index (χ3v) is 9.82. The van der Waals surface area contributed by atoms with Gasteiger partial charge < -0.3 is 16.0 Å². The molecule has 8 aromatic rings. The number of piperazine rings is 2. The van der Waals surface area contributed by atoms with Crippen LogP contribution in [0.2, 0.25) is 0 Å². The summed E-state index contributed by atoms with van der Waals surface area (Å²) in [5.74, 6) is 2.25. The molecule has 0 atom stereocenters. The van der Waals surface area contributed by atoms with Crippen molar-refractivity contribution >= 4 is 56.0 Å². The predicted molar refractivity (Wildman–Crippen MR) is 206 cm³/mol. The number of nitrogens with one attached hydrogen (secondary N) is 5. The Hall–Kier alpha value is -5.25. The molecule has 2 aliphatic heterocycles. The van der Waals surface area contributed by atoms with E-state index in [2.05, 4.69) is 89.8 Å². The van der Waals surface area contributed by atoms with Crippen molar-refractivity contribution in [3.63, 3.8) is 0 Å². The Morgan fingerprint density at radius 3 is 1.60 bits per heavy atom. The highest BCUT2D eigenvalue weighted by molar-refractivity contribution is 6.16. The van der Waals surface area contributed by atoms with E-state index in [1.807, 2.05) is 65.9 Å². The minimum atomic E-state index is 0.360. The summed E-state index contributed by atoms with van der Waals surface area (Å²) in [5.41, 5.74) is 8.16. The number of benzene rings is 2. The van der Waals surface area contributed by atoms with Gasteiger partial charge in [-0.3, -0.25) is 14.0 Å². The van der Waals surface area contributed by atoms with Gasteiger partial charge in [-0.2, -0.15) is 0 Å². The summed E-state index contributed by atoms with van der Waals surface area (Å²) in [4.78, 5) is 27.5. The summed E-state index contributed by atoms with van der Waals surface area (Å²) in [6.45, 7) is 10.9. The topological polar surface area (TPSA) is 140 Å². The second-order valence-corrected chi connectivity index (χ2v) is 13.3. The summed E-state index contributed by atoms with van der Waals surface area (Å²) in [6.07, 6.45) is 7.60. The molecule has 14 nitrogen and oxygen atoms in total. The first-order valence-electron chi connectivity index (χ1n) is 18.2. The van der Waals surface area contributed by atoms with Crippen molar-refractivity contribution in [1.82, 2.24) is 59.9 Å². The Bertz CT molecular complexity index is 2390. The van der Waals surface area contributed by atoms with Crippen LogP contribution in [0.5, 0.6) is 0 Å². The van der Waals surface area contributed by atoms with E-state index < -0.39 is 0 Å². The van der Waals surface area contributed by atoms with E-state index in [9.17, 15) is 0 Å². The number of imidazole rings is 4. The average molecular weight is 733 g/mol. The van der Waals surface area contributed by atoms with Crippen LogP contribution in [-0.4, -0.2) is 96.3 Å². The number of rotatable bonds is 7. The highest BCUT2D eigenvalue weighted by Crippen LogP contribution is 2.17. The Morgan fingerprint density at radius 2 is 1.08 bits per heavy atom. The molecule has 53 heavy (non-hydrogen) atoms. The third-order valence-electron chi connectivity index (χ3n) is 9.58. The number of aromatic nitrogens is 10. The maximum absolute atomic E-state index is 6.03. The fraction of sp³-hybridized carbons (Fsp3) is 0.316. The summed E-state index contributed by atoms with van der Waals surface area (Å²) < 4.78 is 8.62. The van der Waals surface area contributed by atoms with E-state index in [-0.39, 0.29) is 0 Å². The monoisotopic (exact) mass is 732 g/mol. The van der Waals surface area contributed by atoms with Crippen LogP contribution in [0.25, 0.3) is 44.4 Å². The number of H-pyrrole nitrogens is 2. The zero-order valence-electron chi connectivity index (χ0n) is 29.6. The van der Waals surface area contributed by atoms with Crippen molar-refractivity contribution in [3.05, 3.63) is 109 Å². The van der Waals surface area contributed by atoms with E-state index in [4.69, 9.17) is 16.6 Å². The number of para-hydroxylation sites is 4. The van der Waals surface area contributed by atoms with Crippen LogP contribution in [0.15, 0.2) is 97.8 Å². The Balaban J connectivity index is 0.000000133. The number of halogens is 1. The molecule has 0 saturated carbocycles. The highest BCUT2D eigenvalue weighted by atomic mass is 35.5. The first kappa shape index (κ1) is 34.8. The number of alkyl halides is 1. The average Bonchev–Trinajstić information content (AvgIpc) is 4.01. The molecule has 0 aliphatic carbocycles. The summed E-state index contributed by atoms with van der Waals surface area (Å²) in [7, 11) is 0. The van der Waals surface area contributed by atoms with Crippen molar-refractivity contribution in [3.8, 4) is 0 Å². The van der Waals surface area contributed by atoms with Crippen molar-refractivity contribution in [2.24, 2.45) is 0 Å². The molecule has 0 bridgehead atoms. The molecule has 15 heteroatoms. The van der Waals surface area contributed by atoms with Crippen LogP contribution in [0.3, 0.4) is 0 Å². The largest absolute Gasteiger partial charge is 0.314 e. The van der Waals surface area contributed by atoms with E-state index >= 15 is 0 Å². The Morgan fingerprint density at radius 1 is 0.585 bits per heavy atom. The van der Waals surface area contributed by atoms with Gasteiger partial charge in [0.25, 0.3) is 0 Å². The van der Waals surface area contributed by atoms with Crippen LogP contribution in [0, 0.1) is 0 Å². The molecule has 8 heterocycles. The van der Waals surface area contributed by atoms with Crippen LogP contribution < -0.4 is 25.1 Å². The number of hydrogen-bond acceptors (Lipinski definition) is 8. The van der Waals surface area contributed by atoms with Crippen LogP contribution in [0.1, 0.15) is 11.6 Å². The van der Waals surface area contributed by atoms with Crippen LogP contribution >= 0.6 is 11.6 Å². The number of hydrogen-bond donors (Lipinski definition) is 5. The van der Waals surface area contributed by atoms with E-state index in [0.29, 0.717) is 19.2 Å². The lowest BCUT2D eigenvalue weighted by Gasteiger charge is -2.26. The molecule has 2 fully saturated rings. The summed E-state index contributed by atoms with van der Waals surface area (Å²) >= 11 is 6.03. The molecule has 2 aliphatic rings. The minimum Gasteiger partial charge on any atom is -0.314 e. The molecule has 0 spiro atoms. The first-order valence-corrected chi connectivity index (χ1v) is 18.7. The standard InChI is InChI=1S/C19H21N7.C15H12ClN5.C4H10N2/c1-2-6-17-15(4-1)22-13-25(17)14-26-18(12-24-10-8-20-9-11-24)23-16-5-3-7-21-19(16)26;16-8-14-19-12-5-3-7-17-15(12)21(14)10-20-9-18-11-4-1-2-6-13(11)20;1-2-6-4-3-5-1/h1-7,13,20H,8-12,14H2;1-7,9H,8,10H2;5-6H,1-4H2/p+2. The van der Waals surface area contributed by atoms with Gasteiger partial charge in [-0.05, 0) is 48.5 Å². The van der Waals surface area contributed by atoms with Crippen molar-refractivity contribution in [2.75, 3.05) is 52.4 Å². The number of nitrogens with zero attached hydrogens (tertiary/aromatic N) is 9. The second kappa shape index (κ2) is 16.6. The van der Waals surface area contributed by atoms with Crippen molar-refractivity contribution < 1.29 is 9.13 Å². The molecular formula is C38H45ClN14+2. The number of fused-ring (bicyclic) bond motifs is 4. The lowest BCUT2D eigenvalue weighted by molar-refractivity contribution is -0.675. The smallest absolute Gasteiger partial charge is 0.244 e. The second-order valence-electron chi connectivity index (χ2n) is 13.1. The Kier molecular flexibility index (Phi) is 10.9. The van der Waals surface area contributed by atoms with E-state index in [1.165, 1.54) is 5.52 Å². The lowest BCUT2D eigenvalue weighted by Crippen LogP contribution is -2.44. The fourth-order valence-corrected chi connectivity index (χ4v) is 7.07. The number of aromatic amines is 2. The van der Waals surface area contributed by atoms with Gasteiger partial charge in [-0.1, -0.05) is 24.3 Å². The van der Waals surface area contributed by atoms with Crippen molar-refractivity contribution in [1.29, 1.82) is 0 Å². The van der Waals surface area contributed by atoms with Gasteiger partial charge in [0.05, 0.1) is 12.4 Å². The minimum absolute atomic E-state index is 0.360. The molecule has 0 unspecified atom stereocenters. The Labute approximate surface area is 311 Å². The van der Waals surface area contributed by atoms with Crippen molar-refractivity contribution in [2.45, 2.75) is 25.8 Å². The van der Waals surface area contributed by atoms with Gasteiger partial charge >= 0.3 is 0 Å². The quantitative estimate of drug-likeness (QED) is 0.125. The van der Waals surface area contributed by atoms with Gasteiger partial charge in [0.2, 0.25) is 12.7 Å². The summed E-state index contributed by atoms with van der Waals surface area (Å²) in [5, 5.41) is 9.85. The molecule has 10 rings (SSSR count). The maximum atomic E-state index is 6.03. The molecule has 0 amide bonds. The lowest BCUT2D eigenvalue weighted by atomic mass is 10.3. The van der Waals surface area contributed by atoms with Gasteiger partial charge in [-0.25, -0.2) is 39.0 Å². The number of pyridine rings is 2. The molecule has 6 aromatic heterocycles. The molecule has 5 N–H and O–H groups in total. The summed E-state index contributed by atoms with van der Waals surface area (Å²) in [6, 6.07) is 24.4. The highest BCUT2D eigenvalue weighted by Gasteiger charge is 2.20. The predicted octanol–water partition coefficient (Wildman–Crippen LogP) is 2.74. The van der Waals surface area contributed by atoms with Gasteiger partial charge in [-0.15, -0.1) is 11.6 Å². The molecule has 272 valence electrons. The van der Waals surface area contributed by atoms with E-state index in [0.717, 1.165) is 109 Å². The SMILES string of the molecule is C1CNCCN1.ClCc1nc2cccnc2n1C[n+]1c[nH]c2ccccc21.c1cnc2c(c1)nc(CN1CCNCC1)n2C[n+]1c[nH]c2ccccc21. The normalized spacial score (nSPS) is 15.0. The van der Waals surface area contributed by atoms with Crippen LogP contribution in [0.4, 0.5) is 0 Å².